The molecule has 0 aliphatic heterocycles. The molecule has 1 aromatic carbocycles. The Kier molecular flexibility index (Phi) is 8.82. The Hall–Kier alpha value is -2.22. The van der Waals surface area contributed by atoms with Gasteiger partial charge in [0.05, 0.1) is 5.75 Å². The summed E-state index contributed by atoms with van der Waals surface area (Å²) >= 11 is 1.27. The molecule has 0 saturated carbocycles. The number of hydrogen-bond donors (Lipinski definition) is 2. The van der Waals surface area contributed by atoms with Crippen molar-refractivity contribution in [2.75, 3.05) is 18.1 Å². The van der Waals surface area contributed by atoms with E-state index >= 15 is 0 Å². The first-order chi connectivity index (χ1) is 13.8. The van der Waals surface area contributed by atoms with Gasteiger partial charge in [0, 0.05) is 6.54 Å². The lowest BCUT2D eigenvalue weighted by Gasteiger charge is -2.19. The first-order valence-corrected chi connectivity index (χ1v) is 11.1. The maximum Gasteiger partial charge on any atom is 0.230 e. The van der Waals surface area contributed by atoms with Gasteiger partial charge in [-0.15, -0.1) is 10.2 Å². The summed E-state index contributed by atoms with van der Waals surface area (Å²) in [7, 11) is 0. The number of nitrogen functional groups attached to an aromatic ring is 1. The van der Waals surface area contributed by atoms with Crippen molar-refractivity contribution in [2.24, 2.45) is 0 Å². The number of ether oxygens (including phenoxy) is 1. The Morgan fingerprint density at radius 2 is 1.90 bits per heavy atom. The Labute approximate surface area is 177 Å². The van der Waals surface area contributed by atoms with Gasteiger partial charge in [-0.1, -0.05) is 70.9 Å². The Morgan fingerprint density at radius 3 is 2.55 bits per heavy atom. The van der Waals surface area contributed by atoms with Crippen molar-refractivity contribution in [3.63, 3.8) is 0 Å². The molecule has 0 unspecified atom stereocenters. The van der Waals surface area contributed by atoms with Crippen LogP contribution in [0.25, 0.3) is 0 Å². The summed E-state index contributed by atoms with van der Waals surface area (Å²) in [6, 6.07) is 8.01. The first kappa shape index (κ1) is 23.1. The van der Waals surface area contributed by atoms with Crippen molar-refractivity contribution in [3.05, 3.63) is 35.7 Å². The fourth-order valence-electron chi connectivity index (χ4n) is 2.66. The molecule has 0 radical (unpaired) electrons. The van der Waals surface area contributed by atoms with Crippen LogP contribution < -0.4 is 15.9 Å². The average Bonchev–Trinajstić information content (AvgIpc) is 3.04. The number of unbranched alkanes of at least 4 members (excludes halogenated alkanes) is 3. The lowest BCUT2D eigenvalue weighted by molar-refractivity contribution is -0.118. The van der Waals surface area contributed by atoms with E-state index in [-0.39, 0.29) is 23.7 Å². The highest BCUT2D eigenvalue weighted by Gasteiger charge is 2.15. The third-order valence-corrected chi connectivity index (χ3v) is 5.45. The van der Waals surface area contributed by atoms with E-state index in [1.165, 1.54) is 34.8 Å². The minimum absolute atomic E-state index is 0.0220. The molecule has 1 amide bonds. The maximum atomic E-state index is 11.9. The van der Waals surface area contributed by atoms with Crippen molar-refractivity contribution in [2.45, 2.75) is 70.6 Å². The number of aromatic nitrogens is 3. The Bertz CT molecular complexity index is 768. The summed E-state index contributed by atoms with van der Waals surface area (Å²) in [6.07, 6.45) is 4.54. The fraction of sp³-hybridized carbons (Fsp3) is 0.571. The van der Waals surface area contributed by atoms with Crippen LogP contribution in [0.4, 0.5) is 0 Å². The van der Waals surface area contributed by atoms with E-state index in [9.17, 15) is 4.79 Å². The second kappa shape index (κ2) is 11.1. The van der Waals surface area contributed by atoms with Crippen molar-refractivity contribution in [1.29, 1.82) is 0 Å². The zero-order chi connectivity index (χ0) is 21.3. The minimum Gasteiger partial charge on any atom is -0.486 e. The van der Waals surface area contributed by atoms with Gasteiger partial charge < -0.3 is 15.9 Å². The molecule has 7 nitrogen and oxygen atoms in total. The third kappa shape index (κ3) is 7.61. The molecule has 160 valence electrons. The predicted molar refractivity (Wildman–Crippen MR) is 118 cm³/mol. The van der Waals surface area contributed by atoms with E-state index in [4.69, 9.17) is 10.6 Å². The van der Waals surface area contributed by atoms with Gasteiger partial charge in [0.2, 0.25) is 11.1 Å². The quantitative estimate of drug-likeness (QED) is 0.328. The van der Waals surface area contributed by atoms with Crippen LogP contribution in [0.5, 0.6) is 5.75 Å². The van der Waals surface area contributed by atoms with Gasteiger partial charge in [-0.2, -0.15) is 0 Å². The highest BCUT2D eigenvalue weighted by molar-refractivity contribution is 7.99. The number of hydrogen-bond acceptors (Lipinski definition) is 6. The summed E-state index contributed by atoms with van der Waals surface area (Å²) in [5.74, 6) is 7.54. The number of benzene rings is 1. The van der Waals surface area contributed by atoms with Gasteiger partial charge in [-0.05, 0) is 29.5 Å². The standard InChI is InChI=1S/C21H33N5O2S/c1-5-6-7-8-13-23-19(27)15-29-20-25-24-18(26(20)22)14-28-17-11-9-16(10-12-17)21(2,3)4/h9-12H,5-8,13-15,22H2,1-4H3,(H,23,27). The third-order valence-electron chi connectivity index (χ3n) is 4.51. The molecule has 3 N–H and O–H groups in total. The Balaban J connectivity index is 1.78. The minimum atomic E-state index is -0.0220. The molecule has 0 spiro atoms. The molecule has 8 heteroatoms. The number of rotatable bonds is 11. The zero-order valence-electron chi connectivity index (χ0n) is 17.9. The topological polar surface area (TPSA) is 95.1 Å². The summed E-state index contributed by atoms with van der Waals surface area (Å²) < 4.78 is 7.15. The van der Waals surface area contributed by atoms with E-state index < -0.39 is 0 Å². The molecule has 0 atom stereocenters. The molecule has 2 rings (SSSR count). The second-order valence-corrected chi connectivity index (χ2v) is 8.97. The molecule has 29 heavy (non-hydrogen) atoms. The van der Waals surface area contributed by atoms with Gasteiger partial charge >= 0.3 is 0 Å². The van der Waals surface area contributed by atoms with Gasteiger partial charge in [0.1, 0.15) is 12.4 Å². The van der Waals surface area contributed by atoms with Gasteiger partial charge in [-0.3, -0.25) is 4.79 Å². The molecule has 2 aromatic rings. The normalized spacial score (nSPS) is 11.4. The first-order valence-electron chi connectivity index (χ1n) is 10.1. The second-order valence-electron chi connectivity index (χ2n) is 8.03. The maximum absolute atomic E-state index is 11.9. The SMILES string of the molecule is CCCCCCNC(=O)CSc1nnc(COc2ccc(C(C)(C)C)cc2)n1N. The van der Waals surface area contributed by atoms with Crippen molar-refractivity contribution < 1.29 is 9.53 Å². The van der Waals surface area contributed by atoms with Gasteiger partial charge in [0.25, 0.3) is 0 Å². The Morgan fingerprint density at radius 1 is 1.17 bits per heavy atom. The van der Waals surface area contributed by atoms with Crippen LogP contribution in [0.3, 0.4) is 0 Å². The average molecular weight is 420 g/mol. The number of thioether (sulfide) groups is 1. The van der Waals surface area contributed by atoms with E-state index in [0.29, 0.717) is 17.5 Å². The summed E-state index contributed by atoms with van der Waals surface area (Å²) in [4.78, 5) is 11.9. The number of nitrogens with zero attached hydrogens (tertiary/aromatic N) is 3. The van der Waals surface area contributed by atoms with E-state index in [1.54, 1.807) is 0 Å². The highest BCUT2D eigenvalue weighted by atomic mass is 32.2. The molecular formula is C21H33N5O2S. The summed E-state index contributed by atoms with van der Waals surface area (Å²) in [5.41, 5.74) is 1.35. The monoisotopic (exact) mass is 419 g/mol. The molecule has 1 heterocycles. The van der Waals surface area contributed by atoms with Crippen LogP contribution in [0.1, 0.15) is 64.8 Å². The van der Waals surface area contributed by atoms with Crippen LogP contribution in [-0.4, -0.2) is 33.1 Å². The van der Waals surface area contributed by atoms with Crippen molar-refractivity contribution in [3.8, 4) is 5.75 Å². The van der Waals surface area contributed by atoms with Crippen molar-refractivity contribution in [1.82, 2.24) is 20.2 Å². The van der Waals surface area contributed by atoms with Gasteiger partial charge in [-0.25, -0.2) is 4.68 Å². The van der Waals surface area contributed by atoms with Crippen LogP contribution >= 0.6 is 11.8 Å². The van der Waals surface area contributed by atoms with Crippen molar-refractivity contribution >= 4 is 17.7 Å². The van der Waals surface area contributed by atoms with Crippen LogP contribution in [0, 0.1) is 0 Å². The van der Waals surface area contributed by atoms with Crippen LogP contribution in [0.15, 0.2) is 29.4 Å². The number of nitrogens with one attached hydrogen (secondary N) is 1. The lowest BCUT2D eigenvalue weighted by Crippen LogP contribution is -2.26. The van der Waals surface area contributed by atoms with E-state index in [0.717, 1.165) is 18.6 Å². The lowest BCUT2D eigenvalue weighted by atomic mass is 9.87. The molecule has 0 aliphatic rings. The van der Waals surface area contributed by atoms with Gasteiger partial charge in [0.15, 0.2) is 5.82 Å². The molecule has 0 bridgehead atoms. The molecule has 0 aliphatic carbocycles. The summed E-state index contributed by atoms with van der Waals surface area (Å²) in [6.45, 7) is 9.60. The number of carbonyl (C=O) groups excluding carboxylic acids is 1. The van der Waals surface area contributed by atoms with E-state index in [1.807, 2.05) is 12.1 Å². The highest BCUT2D eigenvalue weighted by Crippen LogP contribution is 2.24. The zero-order valence-corrected chi connectivity index (χ0v) is 18.7. The molecule has 0 fully saturated rings. The fourth-order valence-corrected chi connectivity index (χ4v) is 3.37. The number of amides is 1. The summed E-state index contributed by atoms with van der Waals surface area (Å²) in [5, 5.41) is 11.5. The number of carbonyl (C=O) groups is 1. The largest absolute Gasteiger partial charge is 0.486 e. The molecular weight excluding hydrogens is 386 g/mol. The predicted octanol–water partition coefficient (Wildman–Crippen LogP) is 3.66. The van der Waals surface area contributed by atoms with Crippen LogP contribution in [0.2, 0.25) is 0 Å². The van der Waals surface area contributed by atoms with Crippen LogP contribution in [-0.2, 0) is 16.8 Å². The van der Waals surface area contributed by atoms with E-state index in [2.05, 4.69) is 55.3 Å². The molecule has 1 aromatic heterocycles. The smallest absolute Gasteiger partial charge is 0.230 e. The molecule has 0 saturated heterocycles. The number of nitrogens with two attached hydrogens (primary N) is 1.